The van der Waals surface area contributed by atoms with Crippen LogP contribution in [0.1, 0.15) is 41.6 Å². The lowest BCUT2D eigenvalue weighted by molar-refractivity contribution is -0.222. The van der Waals surface area contributed by atoms with Gasteiger partial charge in [-0.3, -0.25) is 14.5 Å². The van der Waals surface area contributed by atoms with Gasteiger partial charge in [-0.25, -0.2) is 0 Å². The number of anilines is 1. The van der Waals surface area contributed by atoms with Crippen molar-refractivity contribution in [2.24, 2.45) is 0 Å². The van der Waals surface area contributed by atoms with E-state index >= 15 is 0 Å². The van der Waals surface area contributed by atoms with Gasteiger partial charge in [-0.1, -0.05) is 48.5 Å². The molecule has 3 aromatic carbocycles. The Labute approximate surface area is 263 Å². The summed E-state index contributed by atoms with van der Waals surface area (Å²) in [6.07, 6.45) is 3.10. The molecule has 0 spiro atoms. The molecule has 2 atom stereocenters. The van der Waals surface area contributed by atoms with Crippen molar-refractivity contribution in [1.29, 1.82) is 0 Å². The average molecular weight is 612 g/mol. The van der Waals surface area contributed by atoms with E-state index in [1.54, 1.807) is 32.2 Å². The lowest BCUT2D eigenvalue weighted by Gasteiger charge is -2.41. The summed E-state index contributed by atoms with van der Waals surface area (Å²) in [5.41, 5.74) is 2.88. The zero-order valence-corrected chi connectivity index (χ0v) is 26.0. The van der Waals surface area contributed by atoms with Crippen molar-refractivity contribution in [3.05, 3.63) is 94.1 Å². The number of carbonyl (C=O) groups is 1. The number of nitrogens with zero attached hydrogens (tertiary/aromatic N) is 2. The van der Waals surface area contributed by atoms with E-state index in [0.717, 1.165) is 62.4 Å². The first-order valence-electron chi connectivity index (χ1n) is 15.8. The lowest BCUT2D eigenvalue weighted by Crippen LogP contribution is -2.53. The van der Waals surface area contributed by atoms with E-state index in [4.69, 9.17) is 18.6 Å². The van der Waals surface area contributed by atoms with Gasteiger partial charge in [0.2, 0.25) is 0 Å². The van der Waals surface area contributed by atoms with Gasteiger partial charge in [-0.05, 0) is 50.5 Å². The second-order valence-electron chi connectivity index (χ2n) is 11.6. The van der Waals surface area contributed by atoms with Crippen molar-refractivity contribution in [1.82, 2.24) is 10.2 Å². The largest absolute Gasteiger partial charge is 0.495 e. The SMILES string of the molecule is COc1ccccc1N1CCN(C(CCNC(=O)c2cccc3c(=O)c(C)c(-c4ccccc4)oc23)OC2CCCCO2)CC1. The third kappa shape index (κ3) is 6.91. The Bertz CT molecular complexity index is 1660. The van der Waals surface area contributed by atoms with E-state index in [2.05, 4.69) is 21.2 Å². The number of rotatable bonds is 10. The number of piperazine rings is 1. The molecule has 4 aromatic rings. The molecule has 9 nitrogen and oxygen atoms in total. The molecule has 45 heavy (non-hydrogen) atoms. The molecule has 0 radical (unpaired) electrons. The zero-order chi connectivity index (χ0) is 31.2. The minimum Gasteiger partial charge on any atom is -0.495 e. The van der Waals surface area contributed by atoms with Gasteiger partial charge in [0, 0.05) is 56.9 Å². The zero-order valence-electron chi connectivity index (χ0n) is 26.0. The third-order valence-corrected chi connectivity index (χ3v) is 8.70. The highest BCUT2D eigenvalue weighted by atomic mass is 16.7. The molecule has 2 aliphatic rings. The summed E-state index contributed by atoms with van der Waals surface area (Å²) in [6, 6.07) is 22.7. The van der Waals surface area contributed by atoms with Crippen molar-refractivity contribution in [2.75, 3.05) is 51.3 Å². The lowest BCUT2D eigenvalue weighted by atomic mass is 10.0. The number of methoxy groups -OCH3 is 1. The van der Waals surface area contributed by atoms with Crippen LogP contribution < -0.4 is 20.4 Å². The van der Waals surface area contributed by atoms with Crippen LogP contribution in [-0.2, 0) is 9.47 Å². The van der Waals surface area contributed by atoms with Gasteiger partial charge in [0.15, 0.2) is 17.3 Å². The Hall–Kier alpha value is -4.18. The van der Waals surface area contributed by atoms with Crippen LogP contribution >= 0.6 is 0 Å². The van der Waals surface area contributed by atoms with Gasteiger partial charge in [0.1, 0.15) is 17.7 Å². The summed E-state index contributed by atoms with van der Waals surface area (Å²) in [5.74, 6) is 1.05. The van der Waals surface area contributed by atoms with Gasteiger partial charge in [-0.15, -0.1) is 0 Å². The van der Waals surface area contributed by atoms with E-state index < -0.39 is 0 Å². The molecule has 6 rings (SSSR count). The number of amides is 1. The number of benzene rings is 3. The van der Waals surface area contributed by atoms with Crippen LogP contribution in [0.5, 0.6) is 5.75 Å². The van der Waals surface area contributed by atoms with Gasteiger partial charge in [0.05, 0.1) is 23.7 Å². The van der Waals surface area contributed by atoms with E-state index in [1.807, 2.05) is 48.5 Å². The quantitative estimate of drug-likeness (QED) is 0.248. The molecule has 9 heteroatoms. The summed E-state index contributed by atoms with van der Waals surface area (Å²) >= 11 is 0. The predicted molar refractivity (Wildman–Crippen MR) is 175 cm³/mol. The predicted octanol–water partition coefficient (Wildman–Crippen LogP) is 5.59. The first-order chi connectivity index (χ1) is 22.0. The second-order valence-corrected chi connectivity index (χ2v) is 11.6. The molecule has 0 bridgehead atoms. The molecule has 236 valence electrons. The molecule has 2 aliphatic heterocycles. The normalized spacial score (nSPS) is 18.1. The maximum absolute atomic E-state index is 13.5. The third-order valence-electron chi connectivity index (χ3n) is 8.70. The molecular weight excluding hydrogens is 570 g/mol. The van der Waals surface area contributed by atoms with Crippen LogP contribution in [0.2, 0.25) is 0 Å². The summed E-state index contributed by atoms with van der Waals surface area (Å²) in [5, 5.41) is 3.46. The molecular formula is C36H41N3O6. The Morgan fingerprint density at radius 2 is 1.76 bits per heavy atom. The van der Waals surface area contributed by atoms with Crippen LogP contribution in [0.3, 0.4) is 0 Å². The number of carbonyl (C=O) groups excluding carboxylic acids is 1. The first-order valence-corrected chi connectivity index (χ1v) is 15.8. The van der Waals surface area contributed by atoms with E-state index in [-0.39, 0.29) is 23.9 Å². The topological polar surface area (TPSA) is 93.5 Å². The fraction of sp³-hybridized carbons (Fsp3) is 0.389. The Morgan fingerprint density at radius 3 is 2.51 bits per heavy atom. The van der Waals surface area contributed by atoms with Crippen molar-refractivity contribution in [3.8, 4) is 17.1 Å². The number of hydrogen-bond donors (Lipinski definition) is 1. The minimum atomic E-state index is -0.291. The van der Waals surface area contributed by atoms with Crippen molar-refractivity contribution in [2.45, 2.75) is 45.1 Å². The molecule has 2 fully saturated rings. The molecule has 0 aliphatic carbocycles. The number of para-hydroxylation sites is 3. The highest BCUT2D eigenvalue weighted by Crippen LogP contribution is 2.30. The Balaban J connectivity index is 1.16. The van der Waals surface area contributed by atoms with Crippen LogP contribution in [0.4, 0.5) is 5.69 Å². The van der Waals surface area contributed by atoms with Gasteiger partial charge in [0.25, 0.3) is 5.91 Å². The number of hydrogen-bond acceptors (Lipinski definition) is 8. The average Bonchev–Trinajstić information content (AvgIpc) is 3.10. The maximum Gasteiger partial charge on any atom is 0.255 e. The first kappa shape index (κ1) is 30.8. The van der Waals surface area contributed by atoms with E-state index in [1.165, 1.54) is 0 Å². The summed E-state index contributed by atoms with van der Waals surface area (Å²) in [7, 11) is 1.70. The standard InChI is InChI=1S/C36H41N3O6/c1-25-33(40)27-13-10-14-28(35(27)45-34(25)26-11-4-3-5-12-26)36(41)37-19-18-31(44-32-17-8-9-24-43-32)39-22-20-38(21-23-39)29-15-6-7-16-30(29)42-2/h3-7,10-16,31-32H,8-9,17-24H2,1-2H3,(H,37,41). The highest BCUT2D eigenvalue weighted by Gasteiger charge is 2.29. The van der Waals surface area contributed by atoms with Crippen molar-refractivity contribution in [3.63, 3.8) is 0 Å². The van der Waals surface area contributed by atoms with E-state index in [0.29, 0.717) is 47.4 Å². The fourth-order valence-corrected chi connectivity index (χ4v) is 6.23. The smallest absolute Gasteiger partial charge is 0.255 e. The molecule has 1 amide bonds. The monoisotopic (exact) mass is 611 g/mol. The van der Waals surface area contributed by atoms with Crippen molar-refractivity contribution >= 4 is 22.6 Å². The summed E-state index contributed by atoms with van der Waals surface area (Å²) in [4.78, 5) is 31.5. The molecule has 0 saturated carbocycles. The van der Waals surface area contributed by atoms with Gasteiger partial charge >= 0.3 is 0 Å². The molecule has 2 saturated heterocycles. The highest BCUT2D eigenvalue weighted by molar-refractivity contribution is 6.05. The summed E-state index contributed by atoms with van der Waals surface area (Å²) in [6.45, 7) is 6.12. The number of fused-ring (bicyclic) bond motifs is 1. The molecule has 2 unspecified atom stereocenters. The summed E-state index contributed by atoms with van der Waals surface area (Å²) < 4.78 is 24.3. The Morgan fingerprint density at radius 1 is 0.978 bits per heavy atom. The van der Waals surface area contributed by atoms with E-state index in [9.17, 15) is 9.59 Å². The van der Waals surface area contributed by atoms with Crippen LogP contribution in [0.25, 0.3) is 22.3 Å². The Kier molecular flexibility index (Phi) is 9.78. The van der Waals surface area contributed by atoms with Gasteiger partial charge in [-0.2, -0.15) is 0 Å². The number of nitrogens with one attached hydrogen (secondary N) is 1. The van der Waals surface area contributed by atoms with Crippen LogP contribution in [-0.4, -0.2) is 69.8 Å². The van der Waals surface area contributed by atoms with Crippen LogP contribution in [0, 0.1) is 6.92 Å². The van der Waals surface area contributed by atoms with Crippen LogP contribution in [0.15, 0.2) is 82.0 Å². The number of ether oxygens (including phenoxy) is 3. The van der Waals surface area contributed by atoms with Crippen molar-refractivity contribution < 1.29 is 23.4 Å². The fourth-order valence-electron chi connectivity index (χ4n) is 6.23. The molecule has 3 heterocycles. The molecule has 1 aromatic heterocycles. The second kappa shape index (κ2) is 14.3. The molecule has 1 N–H and O–H groups in total. The maximum atomic E-state index is 13.5. The minimum absolute atomic E-state index is 0.141. The van der Waals surface area contributed by atoms with Gasteiger partial charge < -0.3 is 28.8 Å².